The fraction of sp³-hybridized carbons (Fsp3) is 0.719. The third-order valence-corrected chi connectivity index (χ3v) is 12.9. The molecule has 0 aromatic carbocycles. The fourth-order valence-corrected chi connectivity index (χ4v) is 8.46. The fourth-order valence-electron chi connectivity index (χ4n) is 8.46. The van der Waals surface area contributed by atoms with E-state index in [4.69, 9.17) is 4.74 Å². The van der Waals surface area contributed by atoms with E-state index >= 15 is 0 Å². The van der Waals surface area contributed by atoms with Crippen molar-refractivity contribution < 1.29 is 24.5 Å². The van der Waals surface area contributed by atoms with Crippen LogP contribution in [0, 0.1) is 0 Å². The summed E-state index contributed by atoms with van der Waals surface area (Å²) in [5, 5.41) is 23.8. The molecule has 6 nitrogen and oxygen atoms in total. The molecule has 70 heavy (non-hydrogen) atoms. The number of hydrogen-bond donors (Lipinski definition) is 3. The molecular formula is C64H111NO5. The Morgan fingerprint density at radius 2 is 0.800 bits per heavy atom. The van der Waals surface area contributed by atoms with E-state index in [1.807, 2.05) is 6.08 Å². The van der Waals surface area contributed by atoms with E-state index in [9.17, 15) is 19.8 Å². The molecule has 0 aliphatic rings. The second-order valence-corrected chi connectivity index (χ2v) is 19.7. The lowest BCUT2D eigenvalue weighted by molar-refractivity contribution is -0.148. The van der Waals surface area contributed by atoms with E-state index in [1.165, 1.54) is 148 Å². The minimum atomic E-state index is -0.826. The van der Waals surface area contributed by atoms with Crippen molar-refractivity contribution in [2.75, 3.05) is 6.61 Å². The average Bonchev–Trinajstić information content (AvgIpc) is 3.35. The topological polar surface area (TPSA) is 95.9 Å². The summed E-state index contributed by atoms with van der Waals surface area (Å²) in [7, 11) is 0. The Labute approximate surface area is 433 Å². The van der Waals surface area contributed by atoms with E-state index in [0.29, 0.717) is 19.3 Å². The highest BCUT2D eigenvalue weighted by Gasteiger charge is 2.23. The monoisotopic (exact) mass is 974 g/mol. The Balaban J connectivity index is 4.71. The van der Waals surface area contributed by atoms with E-state index in [-0.39, 0.29) is 24.9 Å². The van der Waals surface area contributed by atoms with Crippen molar-refractivity contribution in [3.63, 3.8) is 0 Å². The van der Waals surface area contributed by atoms with Gasteiger partial charge in [-0.1, -0.05) is 266 Å². The zero-order valence-corrected chi connectivity index (χ0v) is 45.9. The molecule has 3 N–H and O–H groups in total. The molecule has 1 amide bonds. The normalized spacial score (nSPS) is 13.8. The maximum atomic E-state index is 13.3. The summed E-state index contributed by atoms with van der Waals surface area (Å²) < 4.78 is 5.85. The van der Waals surface area contributed by atoms with Crippen molar-refractivity contribution >= 4 is 11.9 Å². The van der Waals surface area contributed by atoms with Crippen LogP contribution < -0.4 is 5.32 Å². The molecule has 0 aromatic rings. The number of rotatable bonds is 52. The van der Waals surface area contributed by atoms with Crippen LogP contribution in [0.5, 0.6) is 0 Å². The van der Waals surface area contributed by atoms with E-state index in [0.717, 1.165) is 77.0 Å². The van der Waals surface area contributed by atoms with E-state index < -0.39 is 18.2 Å². The number of unbranched alkanes of at least 4 members (excludes halogenated alkanes) is 26. The number of nitrogens with one attached hydrogen (secondary N) is 1. The highest BCUT2D eigenvalue weighted by molar-refractivity contribution is 5.78. The van der Waals surface area contributed by atoms with Crippen LogP contribution in [0.2, 0.25) is 0 Å². The van der Waals surface area contributed by atoms with Gasteiger partial charge < -0.3 is 20.3 Å². The summed E-state index contributed by atoms with van der Waals surface area (Å²) >= 11 is 0. The summed E-state index contributed by atoms with van der Waals surface area (Å²) in [6.07, 6.45) is 76.5. The van der Waals surface area contributed by atoms with Crippen molar-refractivity contribution in [1.82, 2.24) is 5.32 Å². The third kappa shape index (κ3) is 51.1. The standard InChI is InChI=1S/C64H111NO5/c1-4-7-10-13-16-19-22-25-28-30-31-33-36-39-42-45-48-51-54-57-64(69)70-60(55-52-49-46-43-40-37-35-32-29-26-23-20-17-14-11-8-5-2)58-63(68)65-61(59-66)62(67)56-53-50-47-44-41-38-34-27-24-21-18-15-12-9-6-3/h8,11,16-17,19-20,25-26,28-29,35,37,43,46,52,55,60-62,66-67H,4-7,9-10,12-15,18,21-24,27,30-34,36,38-42,44-45,47-51,53-54,56-59H2,1-3H3,(H,65,68)/b11-8-,19-16-,20-17-,28-25-,29-26-,37-35-,46-43-,55-52-. The van der Waals surface area contributed by atoms with Crippen LogP contribution in [0.15, 0.2) is 97.2 Å². The van der Waals surface area contributed by atoms with Gasteiger partial charge in [0.05, 0.1) is 25.2 Å². The average molecular weight is 975 g/mol. The highest BCUT2D eigenvalue weighted by Crippen LogP contribution is 2.17. The number of amides is 1. The van der Waals surface area contributed by atoms with Crippen LogP contribution in [0.1, 0.15) is 271 Å². The molecule has 402 valence electrons. The second-order valence-electron chi connectivity index (χ2n) is 19.7. The number of esters is 1. The molecule has 0 aliphatic heterocycles. The molecule has 0 rings (SSSR count). The maximum Gasteiger partial charge on any atom is 0.306 e. The first-order valence-corrected chi connectivity index (χ1v) is 29.5. The van der Waals surface area contributed by atoms with Gasteiger partial charge in [-0.05, 0) is 89.5 Å². The number of carbonyl (C=O) groups excluding carboxylic acids is 2. The Morgan fingerprint density at radius 1 is 0.443 bits per heavy atom. The van der Waals surface area contributed by atoms with Crippen LogP contribution in [0.3, 0.4) is 0 Å². The predicted molar refractivity (Wildman–Crippen MR) is 305 cm³/mol. The lowest BCUT2D eigenvalue weighted by Gasteiger charge is -2.23. The number of hydrogen-bond acceptors (Lipinski definition) is 5. The van der Waals surface area contributed by atoms with Gasteiger partial charge in [0.25, 0.3) is 0 Å². The van der Waals surface area contributed by atoms with Crippen molar-refractivity contribution in [2.45, 2.75) is 289 Å². The highest BCUT2D eigenvalue weighted by atomic mass is 16.5. The van der Waals surface area contributed by atoms with Crippen LogP contribution in [-0.2, 0) is 14.3 Å². The molecule has 3 unspecified atom stereocenters. The number of ether oxygens (including phenoxy) is 1. The number of aliphatic hydroxyl groups excluding tert-OH is 2. The van der Waals surface area contributed by atoms with Gasteiger partial charge in [0.15, 0.2) is 0 Å². The molecule has 6 heteroatoms. The first-order valence-electron chi connectivity index (χ1n) is 29.5. The van der Waals surface area contributed by atoms with Crippen LogP contribution in [-0.4, -0.2) is 46.9 Å². The molecule has 0 spiro atoms. The maximum absolute atomic E-state index is 13.3. The molecule has 0 heterocycles. The second kappa shape index (κ2) is 56.7. The Hall–Kier alpha value is -3.22. The molecule has 0 saturated carbocycles. The molecule has 0 radical (unpaired) electrons. The van der Waals surface area contributed by atoms with Gasteiger partial charge in [0, 0.05) is 6.42 Å². The first kappa shape index (κ1) is 66.8. The van der Waals surface area contributed by atoms with Crippen molar-refractivity contribution in [1.29, 1.82) is 0 Å². The van der Waals surface area contributed by atoms with Crippen molar-refractivity contribution in [2.24, 2.45) is 0 Å². The summed E-state index contributed by atoms with van der Waals surface area (Å²) in [5.41, 5.74) is 0. The van der Waals surface area contributed by atoms with Gasteiger partial charge >= 0.3 is 5.97 Å². The van der Waals surface area contributed by atoms with Crippen molar-refractivity contribution in [3.8, 4) is 0 Å². The van der Waals surface area contributed by atoms with E-state index in [1.54, 1.807) is 6.08 Å². The van der Waals surface area contributed by atoms with Gasteiger partial charge in [0.2, 0.25) is 5.91 Å². The predicted octanol–water partition coefficient (Wildman–Crippen LogP) is 18.5. The quantitative estimate of drug-likeness (QED) is 0.0321. The van der Waals surface area contributed by atoms with Gasteiger partial charge in [-0.2, -0.15) is 0 Å². The molecule has 3 atom stereocenters. The van der Waals surface area contributed by atoms with E-state index in [2.05, 4.69) is 111 Å². The lowest BCUT2D eigenvalue weighted by Crippen LogP contribution is -2.46. The van der Waals surface area contributed by atoms with Gasteiger partial charge in [-0.15, -0.1) is 0 Å². The SMILES string of the molecule is CC/C=C\C/C=C\C/C=C\C/C=C\C/C=C\C/C=C\C(CC(=O)NC(CO)C(O)CCCCCCCCCCCCCCCCC)OC(=O)CCCCCCCCCCC/C=C\C/C=C\CCCCC. The van der Waals surface area contributed by atoms with Crippen molar-refractivity contribution in [3.05, 3.63) is 97.2 Å². The zero-order chi connectivity index (χ0) is 50.9. The molecule has 0 fully saturated rings. The minimum absolute atomic E-state index is 0.0527. The van der Waals surface area contributed by atoms with Gasteiger partial charge in [-0.25, -0.2) is 0 Å². The molecule has 0 bridgehead atoms. The van der Waals surface area contributed by atoms with Gasteiger partial charge in [-0.3, -0.25) is 9.59 Å². The Morgan fingerprint density at radius 3 is 1.24 bits per heavy atom. The third-order valence-electron chi connectivity index (χ3n) is 12.9. The largest absolute Gasteiger partial charge is 0.458 e. The molecule has 0 saturated heterocycles. The van der Waals surface area contributed by atoms with Crippen LogP contribution in [0.25, 0.3) is 0 Å². The summed E-state index contributed by atoms with van der Waals surface area (Å²) in [5.74, 6) is -0.634. The Bertz CT molecular complexity index is 1370. The summed E-state index contributed by atoms with van der Waals surface area (Å²) in [4.78, 5) is 26.2. The number of allylic oxidation sites excluding steroid dienone is 15. The van der Waals surface area contributed by atoms with Crippen LogP contribution in [0.4, 0.5) is 0 Å². The summed E-state index contributed by atoms with van der Waals surface area (Å²) in [6.45, 7) is 6.33. The smallest absolute Gasteiger partial charge is 0.306 e. The molecular weight excluding hydrogens is 863 g/mol. The number of carbonyl (C=O) groups is 2. The Kier molecular flexibility index (Phi) is 54.1. The lowest BCUT2D eigenvalue weighted by atomic mass is 10.0. The molecule has 0 aromatic heterocycles. The zero-order valence-electron chi connectivity index (χ0n) is 45.9. The minimum Gasteiger partial charge on any atom is -0.458 e. The first-order chi connectivity index (χ1) is 34.5. The molecule has 0 aliphatic carbocycles. The summed E-state index contributed by atoms with van der Waals surface area (Å²) in [6, 6.07) is -0.750. The van der Waals surface area contributed by atoms with Crippen LogP contribution >= 0.6 is 0 Å². The van der Waals surface area contributed by atoms with Gasteiger partial charge in [0.1, 0.15) is 6.10 Å². The number of aliphatic hydroxyl groups is 2.